The summed E-state index contributed by atoms with van der Waals surface area (Å²) in [7, 11) is 0. The molecule has 3 aromatic carbocycles. The Kier molecular flexibility index (Phi) is 4.62. The maximum absolute atomic E-state index is 4.51. The number of tetrazole rings is 1. The number of nitrogens with zero attached hydrogens (tertiary/aromatic N) is 5. The van der Waals surface area contributed by atoms with Gasteiger partial charge in [-0.2, -0.15) is 0 Å². The van der Waals surface area contributed by atoms with Crippen LogP contribution < -0.4 is 0 Å². The highest BCUT2D eigenvalue weighted by molar-refractivity contribution is 5.56. The van der Waals surface area contributed by atoms with Crippen LogP contribution in [0, 0.1) is 0 Å². The van der Waals surface area contributed by atoms with Gasteiger partial charge in [-0.25, -0.2) is 4.68 Å². The molecule has 0 atom stereocenters. The topological polar surface area (TPSA) is 56.5 Å². The van der Waals surface area contributed by atoms with Gasteiger partial charge < -0.3 is 0 Å². The van der Waals surface area contributed by atoms with Crippen LogP contribution in [-0.4, -0.2) is 25.2 Å². The molecule has 0 N–H and O–H groups in total. The highest BCUT2D eigenvalue weighted by Crippen LogP contribution is 2.41. The fraction of sp³-hybridized carbons (Fsp3) is 0.0400. The number of pyridine rings is 1. The van der Waals surface area contributed by atoms with Gasteiger partial charge in [0.05, 0.1) is 0 Å². The summed E-state index contributed by atoms with van der Waals surface area (Å²) >= 11 is 0. The molecule has 0 radical (unpaired) electrons. The van der Waals surface area contributed by atoms with E-state index >= 15 is 0 Å². The lowest BCUT2D eigenvalue weighted by molar-refractivity contribution is 0.451. The van der Waals surface area contributed by atoms with Crippen LogP contribution in [0.4, 0.5) is 0 Å². The summed E-state index contributed by atoms with van der Waals surface area (Å²) in [5.74, 6) is 0.604. The van der Waals surface area contributed by atoms with Gasteiger partial charge in [-0.15, -0.1) is 5.10 Å². The first-order valence-electron chi connectivity index (χ1n) is 9.77. The molecule has 2 heterocycles. The quantitative estimate of drug-likeness (QED) is 0.413. The molecule has 0 aliphatic rings. The Morgan fingerprint density at radius 3 is 1.53 bits per heavy atom. The Bertz CT molecular complexity index is 1120. The van der Waals surface area contributed by atoms with E-state index in [0.29, 0.717) is 5.82 Å². The molecular formula is C25H19N5. The van der Waals surface area contributed by atoms with Crippen LogP contribution in [0.2, 0.25) is 0 Å². The molecule has 0 bridgehead atoms. The van der Waals surface area contributed by atoms with E-state index in [1.165, 1.54) is 0 Å². The number of hydrogen-bond acceptors (Lipinski definition) is 4. The van der Waals surface area contributed by atoms with Crippen LogP contribution in [0.1, 0.15) is 16.7 Å². The molecule has 5 rings (SSSR count). The minimum atomic E-state index is -0.764. The molecule has 30 heavy (non-hydrogen) atoms. The number of rotatable bonds is 5. The predicted octanol–water partition coefficient (Wildman–Crippen LogP) is 4.58. The van der Waals surface area contributed by atoms with Gasteiger partial charge in [0.15, 0.2) is 0 Å². The maximum Gasteiger partial charge on any atom is 0.202 e. The number of aromatic nitrogens is 5. The second kappa shape index (κ2) is 7.72. The Balaban J connectivity index is 1.91. The molecule has 5 heteroatoms. The third-order valence-corrected chi connectivity index (χ3v) is 5.26. The van der Waals surface area contributed by atoms with Crippen molar-refractivity contribution in [1.82, 2.24) is 25.2 Å². The molecular weight excluding hydrogens is 370 g/mol. The predicted molar refractivity (Wildman–Crippen MR) is 116 cm³/mol. The molecule has 5 aromatic rings. The Morgan fingerprint density at radius 1 is 0.567 bits per heavy atom. The van der Waals surface area contributed by atoms with Crippen LogP contribution >= 0.6 is 0 Å². The molecule has 0 fully saturated rings. The van der Waals surface area contributed by atoms with Crippen LogP contribution in [0.15, 0.2) is 115 Å². The molecule has 144 valence electrons. The van der Waals surface area contributed by atoms with E-state index in [4.69, 9.17) is 0 Å². The third kappa shape index (κ3) is 2.88. The molecule has 0 amide bonds. The van der Waals surface area contributed by atoms with Crippen molar-refractivity contribution in [3.05, 3.63) is 132 Å². The first-order chi connectivity index (χ1) is 14.9. The van der Waals surface area contributed by atoms with Gasteiger partial charge in [0, 0.05) is 6.20 Å². The van der Waals surface area contributed by atoms with Crippen molar-refractivity contribution in [3.8, 4) is 11.5 Å². The van der Waals surface area contributed by atoms with Crippen LogP contribution in [0.5, 0.6) is 0 Å². The average molecular weight is 389 g/mol. The molecule has 0 saturated carbocycles. The summed E-state index contributed by atoms with van der Waals surface area (Å²) < 4.78 is 1.88. The van der Waals surface area contributed by atoms with E-state index < -0.39 is 5.54 Å². The summed E-state index contributed by atoms with van der Waals surface area (Å²) in [6, 6.07) is 36.7. The lowest BCUT2D eigenvalue weighted by Gasteiger charge is -2.36. The van der Waals surface area contributed by atoms with Gasteiger partial charge in [0.25, 0.3) is 0 Å². The lowest BCUT2D eigenvalue weighted by atomic mass is 9.77. The van der Waals surface area contributed by atoms with Crippen molar-refractivity contribution < 1.29 is 0 Å². The summed E-state index contributed by atoms with van der Waals surface area (Å²) in [4.78, 5) is 4.51. The van der Waals surface area contributed by atoms with Gasteiger partial charge >= 0.3 is 0 Å². The number of hydrogen-bond donors (Lipinski definition) is 0. The zero-order valence-electron chi connectivity index (χ0n) is 16.2. The Labute approximate surface area is 174 Å². The zero-order valence-corrected chi connectivity index (χ0v) is 16.2. The minimum Gasteiger partial charge on any atom is -0.253 e. The second-order valence-electron chi connectivity index (χ2n) is 6.94. The molecule has 0 aliphatic heterocycles. The second-order valence-corrected chi connectivity index (χ2v) is 6.94. The summed E-state index contributed by atoms with van der Waals surface area (Å²) in [6.45, 7) is 0. The number of benzene rings is 3. The normalized spacial score (nSPS) is 11.3. The van der Waals surface area contributed by atoms with Crippen LogP contribution in [0.3, 0.4) is 0 Å². The smallest absolute Gasteiger partial charge is 0.202 e. The van der Waals surface area contributed by atoms with E-state index in [2.05, 4.69) is 56.9 Å². The largest absolute Gasteiger partial charge is 0.253 e. The molecule has 0 unspecified atom stereocenters. The molecule has 0 saturated heterocycles. The molecule has 2 aromatic heterocycles. The Morgan fingerprint density at radius 2 is 1.07 bits per heavy atom. The van der Waals surface area contributed by atoms with Crippen molar-refractivity contribution in [2.24, 2.45) is 0 Å². The monoisotopic (exact) mass is 389 g/mol. The molecule has 0 spiro atoms. The van der Waals surface area contributed by atoms with Crippen molar-refractivity contribution in [2.75, 3.05) is 0 Å². The SMILES string of the molecule is c1ccc(C(c2ccccc2)(c2ccccc2)n2nnnc2-c2ccccn2)cc1. The van der Waals surface area contributed by atoms with Crippen LogP contribution in [-0.2, 0) is 5.54 Å². The maximum atomic E-state index is 4.51. The highest BCUT2D eigenvalue weighted by atomic mass is 15.6. The van der Waals surface area contributed by atoms with Gasteiger partial charge in [0.2, 0.25) is 5.82 Å². The summed E-state index contributed by atoms with van der Waals surface area (Å²) in [5, 5.41) is 12.9. The van der Waals surface area contributed by atoms with E-state index in [9.17, 15) is 0 Å². The van der Waals surface area contributed by atoms with Crippen LogP contribution in [0.25, 0.3) is 11.5 Å². The van der Waals surface area contributed by atoms with Crippen molar-refractivity contribution in [3.63, 3.8) is 0 Å². The van der Waals surface area contributed by atoms with Crippen molar-refractivity contribution in [2.45, 2.75) is 5.54 Å². The summed E-state index contributed by atoms with van der Waals surface area (Å²) in [6.07, 6.45) is 1.75. The highest BCUT2D eigenvalue weighted by Gasteiger charge is 2.41. The minimum absolute atomic E-state index is 0.604. The molecule has 0 aliphatic carbocycles. The van der Waals surface area contributed by atoms with E-state index in [1.807, 2.05) is 77.5 Å². The Hall–Kier alpha value is -4.12. The lowest BCUT2D eigenvalue weighted by Crippen LogP contribution is -2.39. The third-order valence-electron chi connectivity index (χ3n) is 5.26. The zero-order chi connectivity index (χ0) is 20.2. The van der Waals surface area contributed by atoms with Crippen molar-refractivity contribution >= 4 is 0 Å². The summed E-state index contributed by atoms with van der Waals surface area (Å²) in [5.41, 5.74) is 3.14. The van der Waals surface area contributed by atoms with Gasteiger partial charge in [0.1, 0.15) is 11.2 Å². The fourth-order valence-electron chi connectivity index (χ4n) is 3.97. The van der Waals surface area contributed by atoms with E-state index in [0.717, 1.165) is 22.4 Å². The first kappa shape index (κ1) is 17.9. The fourth-order valence-corrected chi connectivity index (χ4v) is 3.97. The standard InChI is InChI=1S/C25H19N5/c1-4-12-20(13-5-1)25(21-14-6-2-7-15-21,22-16-8-3-9-17-22)30-24(27-28-29-30)23-18-10-11-19-26-23/h1-19H. The average Bonchev–Trinajstić information content (AvgIpc) is 3.33. The van der Waals surface area contributed by atoms with Gasteiger partial charge in [-0.1, -0.05) is 97.1 Å². The van der Waals surface area contributed by atoms with E-state index in [-0.39, 0.29) is 0 Å². The van der Waals surface area contributed by atoms with Gasteiger partial charge in [-0.05, 0) is 39.2 Å². The van der Waals surface area contributed by atoms with E-state index in [1.54, 1.807) is 6.20 Å². The first-order valence-corrected chi connectivity index (χ1v) is 9.77. The van der Waals surface area contributed by atoms with Gasteiger partial charge in [-0.3, -0.25) is 4.98 Å². The van der Waals surface area contributed by atoms with Crippen molar-refractivity contribution in [1.29, 1.82) is 0 Å². The molecule has 5 nitrogen and oxygen atoms in total.